The van der Waals surface area contributed by atoms with Gasteiger partial charge in [0, 0.05) is 12.3 Å². The summed E-state index contributed by atoms with van der Waals surface area (Å²) in [7, 11) is 0. The smallest absolute Gasteiger partial charge is 0.171 e. The van der Waals surface area contributed by atoms with Gasteiger partial charge in [-0.15, -0.1) is 0 Å². The number of aliphatic hydroxyl groups is 1. The minimum absolute atomic E-state index is 0.107. The van der Waals surface area contributed by atoms with Crippen molar-refractivity contribution in [2.45, 2.75) is 103 Å². The first-order chi connectivity index (χ1) is 14.3. The van der Waals surface area contributed by atoms with Crippen LogP contribution in [-0.4, -0.2) is 29.7 Å². The Balaban J connectivity index is 1.28. The fourth-order valence-corrected chi connectivity index (χ4v) is 9.66. The lowest BCUT2D eigenvalue weighted by molar-refractivity contribution is -0.272. The van der Waals surface area contributed by atoms with Crippen LogP contribution in [0.2, 0.25) is 0 Å². The van der Waals surface area contributed by atoms with Crippen LogP contribution in [0.3, 0.4) is 0 Å². The predicted molar refractivity (Wildman–Crippen MR) is 118 cm³/mol. The van der Waals surface area contributed by atoms with Gasteiger partial charge in [0.05, 0.1) is 18.8 Å². The highest BCUT2D eigenvalue weighted by Gasteiger charge is 2.68. The van der Waals surface area contributed by atoms with Crippen molar-refractivity contribution in [1.29, 1.82) is 0 Å². The number of rotatable bonds is 0. The number of ether oxygens (including phenoxy) is 2. The van der Waals surface area contributed by atoms with Crippen LogP contribution < -0.4 is 0 Å². The first-order valence-corrected chi connectivity index (χ1v) is 13.0. The molecule has 0 bridgehead atoms. The molecule has 6 rings (SSSR count). The van der Waals surface area contributed by atoms with Crippen LogP contribution in [0, 0.1) is 46.3 Å². The van der Waals surface area contributed by atoms with Crippen LogP contribution in [0.4, 0.5) is 0 Å². The fraction of sp³-hybridized carbons (Fsp3) is 0.926. The zero-order valence-corrected chi connectivity index (χ0v) is 19.5. The van der Waals surface area contributed by atoms with Crippen molar-refractivity contribution in [2.75, 3.05) is 6.61 Å². The van der Waals surface area contributed by atoms with Crippen LogP contribution in [0.5, 0.6) is 0 Å². The van der Waals surface area contributed by atoms with Crippen LogP contribution >= 0.6 is 0 Å². The summed E-state index contributed by atoms with van der Waals surface area (Å²) in [5, 5.41) is 10.3. The molecule has 11 atom stereocenters. The van der Waals surface area contributed by atoms with E-state index in [0.29, 0.717) is 34.7 Å². The van der Waals surface area contributed by atoms with Crippen molar-refractivity contribution < 1.29 is 14.6 Å². The molecule has 2 aliphatic heterocycles. The van der Waals surface area contributed by atoms with Gasteiger partial charge in [-0.2, -0.15) is 0 Å². The molecule has 3 heteroatoms. The summed E-state index contributed by atoms with van der Waals surface area (Å²) in [4.78, 5) is 0. The van der Waals surface area contributed by atoms with Gasteiger partial charge < -0.3 is 14.6 Å². The third-order valence-electron chi connectivity index (χ3n) is 11.3. The van der Waals surface area contributed by atoms with Crippen molar-refractivity contribution in [3.05, 3.63) is 11.6 Å². The number of hydrogen-bond donors (Lipinski definition) is 1. The summed E-state index contributed by atoms with van der Waals surface area (Å²) in [6.45, 7) is 10.8. The molecule has 30 heavy (non-hydrogen) atoms. The molecule has 6 aliphatic rings. The molecule has 0 aromatic carbocycles. The van der Waals surface area contributed by atoms with Crippen molar-refractivity contribution in [2.24, 2.45) is 46.3 Å². The Labute approximate surface area is 183 Å². The van der Waals surface area contributed by atoms with Crippen LogP contribution in [0.25, 0.3) is 0 Å². The van der Waals surface area contributed by atoms with E-state index in [1.54, 1.807) is 5.57 Å². The summed E-state index contributed by atoms with van der Waals surface area (Å²) in [6, 6.07) is 0. The van der Waals surface area contributed by atoms with E-state index in [1.807, 2.05) is 0 Å². The molecule has 0 amide bonds. The van der Waals surface area contributed by atoms with Crippen LogP contribution in [0.15, 0.2) is 11.6 Å². The van der Waals surface area contributed by atoms with Gasteiger partial charge in [0.25, 0.3) is 0 Å². The highest BCUT2D eigenvalue weighted by atomic mass is 16.7. The number of hydrogen-bond acceptors (Lipinski definition) is 3. The maximum atomic E-state index is 10.3. The molecule has 0 radical (unpaired) electrons. The molecule has 1 N–H and O–H groups in total. The third kappa shape index (κ3) is 2.55. The van der Waals surface area contributed by atoms with E-state index in [9.17, 15) is 5.11 Å². The van der Waals surface area contributed by atoms with Gasteiger partial charge in [-0.05, 0) is 91.8 Å². The quantitative estimate of drug-likeness (QED) is 0.516. The topological polar surface area (TPSA) is 38.7 Å². The maximum absolute atomic E-state index is 10.3. The zero-order valence-electron chi connectivity index (χ0n) is 19.5. The lowest BCUT2D eigenvalue weighted by Crippen LogP contribution is -2.52. The zero-order chi connectivity index (χ0) is 20.9. The second-order valence-electron chi connectivity index (χ2n) is 12.7. The van der Waals surface area contributed by atoms with E-state index in [-0.39, 0.29) is 11.9 Å². The Kier molecular flexibility index (Phi) is 4.44. The molecule has 3 nitrogen and oxygen atoms in total. The SMILES string of the molecule is C[C@@H]1CC[C@]2(OC1)O[C@@H]1C[C@H]3[C@@H]4CC=C5C[C@H](O)CC[C@]5(C)[C@H]4CC[C@]3(C)[C@@H]1[C@H]2C. The van der Waals surface area contributed by atoms with Gasteiger partial charge in [-0.1, -0.05) is 39.3 Å². The summed E-state index contributed by atoms with van der Waals surface area (Å²) in [6.07, 6.45) is 13.5. The Hall–Kier alpha value is -0.380. The fourth-order valence-electron chi connectivity index (χ4n) is 9.66. The van der Waals surface area contributed by atoms with Crippen molar-refractivity contribution in [3.8, 4) is 0 Å². The summed E-state index contributed by atoms with van der Waals surface area (Å²) < 4.78 is 13.3. The lowest BCUT2D eigenvalue weighted by Gasteiger charge is -2.58. The van der Waals surface area contributed by atoms with E-state index in [1.165, 1.54) is 38.5 Å². The lowest BCUT2D eigenvalue weighted by atomic mass is 9.47. The molecule has 0 aromatic heterocycles. The monoisotopic (exact) mass is 414 g/mol. The Morgan fingerprint density at radius 2 is 1.87 bits per heavy atom. The molecule has 2 heterocycles. The van der Waals surface area contributed by atoms with E-state index in [2.05, 4.69) is 33.8 Å². The first-order valence-electron chi connectivity index (χ1n) is 13.0. The van der Waals surface area contributed by atoms with E-state index < -0.39 is 0 Å². The van der Waals surface area contributed by atoms with Gasteiger partial charge in [0.2, 0.25) is 0 Å². The van der Waals surface area contributed by atoms with Crippen LogP contribution in [-0.2, 0) is 9.47 Å². The molecule has 0 aromatic rings. The predicted octanol–water partition coefficient (Wildman–Crippen LogP) is 5.71. The number of fused-ring (bicyclic) bond motifs is 7. The molecule has 2 saturated heterocycles. The summed E-state index contributed by atoms with van der Waals surface area (Å²) in [5.74, 6) is 3.94. The molecule has 168 valence electrons. The summed E-state index contributed by atoms with van der Waals surface area (Å²) >= 11 is 0. The average Bonchev–Trinajstić information content (AvgIpc) is 3.16. The average molecular weight is 415 g/mol. The molecule has 3 saturated carbocycles. The third-order valence-corrected chi connectivity index (χ3v) is 11.3. The standard InChI is InChI=1S/C27H42O3/c1-16-7-12-27(29-15-16)17(2)24-23(30-27)14-22-20-6-5-18-13-19(28)8-10-25(18,3)21(20)9-11-26(22,24)4/h5,16-17,19-24,28H,6-15H2,1-4H3/t16-,17-,19-,20-,21+,22+,23-,24-,25+,26+,27+/m1/s1. The molecular weight excluding hydrogens is 372 g/mol. The minimum atomic E-state index is -0.294. The van der Waals surface area contributed by atoms with Gasteiger partial charge in [0.15, 0.2) is 5.79 Å². The van der Waals surface area contributed by atoms with E-state index >= 15 is 0 Å². The number of allylic oxidation sites excluding steroid dienone is 1. The van der Waals surface area contributed by atoms with E-state index in [0.717, 1.165) is 43.6 Å². The second-order valence-corrected chi connectivity index (χ2v) is 12.7. The van der Waals surface area contributed by atoms with Crippen molar-refractivity contribution in [3.63, 3.8) is 0 Å². The highest BCUT2D eigenvalue weighted by Crippen LogP contribution is 2.70. The summed E-state index contributed by atoms with van der Waals surface area (Å²) in [5.41, 5.74) is 2.31. The number of aliphatic hydroxyl groups excluding tert-OH is 1. The van der Waals surface area contributed by atoms with Gasteiger partial charge in [0.1, 0.15) is 0 Å². The van der Waals surface area contributed by atoms with Gasteiger partial charge >= 0.3 is 0 Å². The van der Waals surface area contributed by atoms with Crippen LogP contribution in [0.1, 0.15) is 85.5 Å². The van der Waals surface area contributed by atoms with Gasteiger partial charge in [-0.3, -0.25) is 0 Å². The highest BCUT2D eigenvalue weighted by molar-refractivity contribution is 5.26. The molecule has 5 fully saturated rings. The second kappa shape index (κ2) is 6.58. The van der Waals surface area contributed by atoms with Crippen molar-refractivity contribution in [1.82, 2.24) is 0 Å². The Morgan fingerprint density at radius 1 is 1.03 bits per heavy atom. The first kappa shape index (κ1) is 20.2. The molecular formula is C27H42O3. The normalized spacial score (nSPS) is 59.8. The Morgan fingerprint density at radius 3 is 2.63 bits per heavy atom. The Bertz CT molecular complexity index is 736. The molecule has 0 unspecified atom stereocenters. The van der Waals surface area contributed by atoms with E-state index in [4.69, 9.17) is 9.47 Å². The molecule has 1 spiro atoms. The van der Waals surface area contributed by atoms with Crippen molar-refractivity contribution >= 4 is 0 Å². The van der Waals surface area contributed by atoms with Gasteiger partial charge in [-0.25, -0.2) is 0 Å². The maximum Gasteiger partial charge on any atom is 0.171 e. The molecule has 4 aliphatic carbocycles. The largest absolute Gasteiger partial charge is 0.393 e. The minimum Gasteiger partial charge on any atom is -0.393 e.